The maximum Gasteiger partial charge on any atom is 0.124 e. The van der Waals surface area contributed by atoms with Crippen molar-refractivity contribution in [3.8, 4) is 0 Å². The summed E-state index contributed by atoms with van der Waals surface area (Å²) in [6.45, 7) is 1.94. The lowest BCUT2D eigenvalue weighted by Gasteiger charge is -2.12. The third-order valence-corrected chi connectivity index (χ3v) is 3.64. The molecule has 0 radical (unpaired) electrons. The molecule has 0 aliphatic carbocycles. The average molecular weight is 312 g/mol. The van der Waals surface area contributed by atoms with E-state index in [1.165, 1.54) is 12.1 Å². The fourth-order valence-corrected chi connectivity index (χ4v) is 2.53. The van der Waals surface area contributed by atoms with Gasteiger partial charge in [0.05, 0.1) is 5.69 Å². The molecule has 1 unspecified atom stereocenters. The van der Waals surface area contributed by atoms with Crippen LogP contribution < -0.4 is 5.73 Å². The summed E-state index contributed by atoms with van der Waals surface area (Å²) in [6.07, 6.45) is 2.57. The smallest absolute Gasteiger partial charge is 0.124 e. The minimum Gasteiger partial charge on any atom is -0.324 e. The highest BCUT2D eigenvalue weighted by atomic mass is 79.9. The van der Waals surface area contributed by atoms with Gasteiger partial charge in [-0.3, -0.25) is 4.68 Å². The van der Waals surface area contributed by atoms with Crippen LogP contribution in [0.15, 0.2) is 28.9 Å². The van der Waals surface area contributed by atoms with Gasteiger partial charge in [-0.25, -0.2) is 4.39 Å². The molecular weight excluding hydrogens is 297 g/mol. The summed E-state index contributed by atoms with van der Waals surface area (Å²) >= 11 is 3.36. The van der Waals surface area contributed by atoms with E-state index in [4.69, 9.17) is 5.73 Å². The van der Waals surface area contributed by atoms with Gasteiger partial charge in [-0.05, 0) is 31.0 Å². The van der Waals surface area contributed by atoms with Crippen molar-refractivity contribution >= 4 is 15.9 Å². The van der Waals surface area contributed by atoms with E-state index in [2.05, 4.69) is 21.0 Å². The first-order chi connectivity index (χ1) is 8.47. The van der Waals surface area contributed by atoms with Crippen molar-refractivity contribution in [3.63, 3.8) is 0 Å². The van der Waals surface area contributed by atoms with Crippen molar-refractivity contribution in [1.29, 1.82) is 0 Å². The summed E-state index contributed by atoms with van der Waals surface area (Å²) in [5, 5.41) is 4.28. The summed E-state index contributed by atoms with van der Waals surface area (Å²) in [6, 6.07) is 4.52. The van der Waals surface area contributed by atoms with Crippen LogP contribution in [0.3, 0.4) is 0 Å². The molecule has 18 heavy (non-hydrogen) atoms. The van der Waals surface area contributed by atoms with Crippen LogP contribution in [0.2, 0.25) is 0 Å². The predicted octanol–water partition coefficient (Wildman–Crippen LogP) is 2.87. The Hall–Kier alpha value is -1.20. The van der Waals surface area contributed by atoms with Crippen molar-refractivity contribution in [3.05, 3.63) is 51.5 Å². The molecule has 1 aromatic heterocycles. The summed E-state index contributed by atoms with van der Waals surface area (Å²) in [4.78, 5) is 0. The second-order valence-corrected chi connectivity index (χ2v) is 5.24. The Morgan fingerprint density at radius 2 is 2.22 bits per heavy atom. The van der Waals surface area contributed by atoms with Gasteiger partial charge in [0.25, 0.3) is 0 Å². The van der Waals surface area contributed by atoms with E-state index in [9.17, 15) is 4.39 Å². The Balaban J connectivity index is 2.21. The van der Waals surface area contributed by atoms with Gasteiger partial charge in [0.2, 0.25) is 0 Å². The lowest BCUT2D eigenvalue weighted by atomic mass is 10.0. The molecule has 0 aliphatic rings. The third-order valence-electron chi connectivity index (χ3n) is 2.91. The van der Waals surface area contributed by atoms with E-state index in [1.54, 1.807) is 10.7 Å². The van der Waals surface area contributed by atoms with Gasteiger partial charge < -0.3 is 5.73 Å². The molecular formula is C13H15BrFN3. The molecule has 2 aromatic rings. The van der Waals surface area contributed by atoms with Gasteiger partial charge in [-0.1, -0.05) is 22.0 Å². The summed E-state index contributed by atoms with van der Waals surface area (Å²) in [7, 11) is 1.87. The Labute approximate surface area is 114 Å². The number of hydrogen-bond acceptors (Lipinski definition) is 2. The third kappa shape index (κ3) is 2.79. The standard InChI is InChI=1S/C13H15BrFN3/c1-8-11(7-18(2)17-8)13(16)5-9-3-4-10(15)6-12(9)14/h3-4,6-7,13H,5,16H2,1-2H3. The fourth-order valence-electron chi connectivity index (χ4n) is 2.02. The zero-order valence-corrected chi connectivity index (χ0v) is 11.9. The Bertz CT molecular complexity index is 565. The summed E-state index contributed by atoms with van der Waals surface area (Å²) < 4.78 is 15.5. The van der Waals surface area contributed by atoms with Gasteiger partial charge in [0.15, 0.2) is 0 Å². The molecule has 96 valence electrons. The Morgan fingerprint density at radius 1 is 1.50 bits per heavy atom. The SMILES string of the molecule is Cc1nn(C)cc1C(N)Cc1ccc(F)cc1Br. The summed E-state index contributed by atoms with van der Waals surface area (Å²) in [5.74, 6) is -0.253. The van der Waals surface area contributed by atoms with E-state index < -0.39 is 0 Å². The van der Waals surface area contributed by atoms with Crippen LogP contribution in [0, 0.1) is 12.7 Å². The molecule has 0 amide bonds. The maximum atomic E-state index is 13.0. The monoisotopic (exact) mass is 311 g/mol. The first-order valence-corrected chi connectivity index (χ1v) is 6.46. The molecule has 5 heteroatoms. The maximum absolute atomic E-state index is 13.0. The number of aryl methyl sites for hydroxylation is 2. The van der Waals surface area contributed by atoms with Crippen LogP contribution in [0.5, 0.6) is 0 Å². The quantitative estimate of drug-likeness (QED) is 0.947. The zero-order chi connectivity index (χ0) is 13.3. The van der Waals surface area contributed by atoms with Crippen molar-refractivity contribution in [2.24, 2.45) is 12.8 Å². The largest absolute Gasteiger partial charge is 0.324 e. The van der Waals surface area contributed by atoms with E-state index in [1.807, 2.05) is 20.2 Å². The van der Waals surface area contributed by atoms with Crippen molar-refractivity contribution in [2.45, 2.75) is 19.4 Å². The highest BCUT2D eigenvalue weighted by molar-refractivity contribution is 9.10. The zero-order valence-electron chi connectivity index (χ0n) is 10.3. The molecule has 0 spiro atoms. The van der Waals surface area contributed by atoms with Crippen molar-refractivity contribution < 1.29 is 4.39 Å². The molecule has 0 saturated heterocycles. The topological polar surface area (TPSA) is 43.8 Å². The van der Waals surface area contributed by atoms with Crippen molar-refractivity contribution in [1.82, 2.24) is 9.78 Å². The molecule has 0 saturated carbocycles. The Kier molecular flexibility index (Phi) is 3.82. The molecule has 2 rings (SSSR count). The van der Waals surface area contributed by atoms with Gasteiger partial charge in [-0.2, -0.15) is 5.10 Å². The van der Waals surface area contributed by atoms with Gasteiger partial charge >= 0.3 is 0 Å². The number of nitrogens with zero attached hydrogens (tertiary/aromatic N) is 2. The first-order valence-electron chi connectivity index (χ1n) is 5.67. The number of aromatic nitrogens is 2. The first kappa shape index (κ1) is 13.2. The summed E-state index contributed by atoms with van der Waals surface area (Å²) in [5.41, 5.74) is 9.13. The molecule has 0 aliphatic heterocycles. The molecule has 2 N–H and O–H groups in total. The number of nitrogens with two attached hydrogens (primary N) is 1. The van der Waals surface area contributed by atoms with Gasteiger partial charge in [0, 0.05) is 29.3 Å². The second-order valence-electron chi connectivity index (χ2n) is 4.39. The molecule has 1 aromatic carbocycles. The normalized spacial score (nSPS) is 12.7. The lowest BCUT2D eigenvalue weighted by molar-refractivity contribution is 0.624. The Morgan fingerprint density at radius 3 is 2.78 bits per heavy atom. The van der Waals surface area contributed by atoms with Gasteiger partial charge in [0.1, 0.15) is 5.82 Å². The van der Waals surface area contributed by atoms with Crippen LogP contribution in [0.25, 0.3) is 0 Å². The molecule has 1 heterocycles. The molecule has 3 nitrogen and oxygen atoms in total. The lowest BCUT2D eigenvalue weighted by Crippen LogP contribution is -2.14. The highest BCUT2D eigenvalue weighted by Gasteiger charge is 2.14. The van der Waals surface area contributed by atoms with Gasteiger partial charge in [-0.15, -0.1) is 0 Å². The van der Waals surface area contributed by atoms with E-state index in [-0.39, 0.29) is 11.9 Å². The van der Waals surface area contributed by atoms with Crippen LogP contribution in [0.1, 0.15) is 22.9 Å². The van der Waals surface area contributed by atoms with Crippen molar-refractivity contribution in [2.75, 3.05) is 0 Å². The predicted molar refractivity (Wildman–Crippen MR) is 72.7 cm³/mol. The number of halogens is 2. The minimum absolute atomic E-state index is 0.138. The minimum atomic E-state index is -0.253. The second kappa shape index (κ2) is 5.20. The van der Waals surface area contributed by atoms with E-state index >= 15 is 0 Å². The fraction of sp³-hybridized carbons (Fsp3) is 0.308. The highest BCUT2D eigenvalue weighted by Crippen LogP contribution is 2.24. The number of rotatable bonds is 3. The van der Waals surface area contributed by atoms with Crippen LogP contribution in [0.4, 0.5) is 4.39 Å². The molecule has 1 atom stereocenters. The van der Waals surface area contributed by atoms with Crippen LogP contribution >= 0.6 is 15.9 Å². The molecule has 0 fully saturated rings. The van der Waals surface area contributed by atoms with E-state index in [0.717, 1.165) is 21.3 Å². The van der Waals surface area contributed by atoms with E-state index in [0.29, 0.717) is 6.42 Å². The number of hydrogen-bond donors (Lipinski definition) is 1. The van der Waals surface area contributed by atoms with Crippen LogP contribution in [-0.4, -0.2) is 9.78 Å². The average Bonchev–Trinajstić information content (AvgIpc) is 2.62. The van der Waals surface area contributed by atoms with Crippen LogP contribution in [-0.2, 0) is 13.5 Å². The number of benzene rings is 1. The molecule has 0 bridgehead atoms.